The number of aromatic nitrogens is 3. The third-order valence-electron chi connectivity index (χ3n) is 3.55. The summed E-state index contributed by atoms with van der Waals surface area (Å²) in [5.74, 6) is 0. The first-order valence-electron chi connectivity index (χ1n) is 6.49. The lowest BCUT2D eigenvalue weighted by atomic mass is 10.0. The van der Waals surface area contributed by atoms with Crippen LogP contribution in [0.4, 0.5) is 0 Å². The second kappa shape index (κ2) is 4.56. The molecule has 0 atom stereocenters. The molecule has 0 saturated carbocycles. The lowest BCUT2D eigenvalue weighted by Gasteiger charge is -2.09. The van der Waals surface area contributed by atoms with Crippen LogP contribution in [-0.4, -0.2) is 14.6 Å². The van der Waals surface area contributed by atoms with E-state index >= 15 is 0 Å². The van der Waals surface area contributed by atoms with E-state index in [0.717, 1.165) is 26.5 Å². The van der Waals surface area contributed by atoms with E-state index in [9.17, 15) is 4.79 Å². The first-order valence-corrected chi connectivity index (χ1v) is 7.28. The fraction of sp³-hybridized carbons (Fsp3) is 0. The zero-order valence-corrected chi connectivity index (χ0v) is 12.5. The van der Waals surface area contributed by atoms with Crippen LogP contribution in [-0.2, 0) is 0 Å². The van der Waals surface area contributed by atoms with E-state index in [1.165, 1.54) is 0 Å². The van der Waals surface area contributed by atoms with Crippen molar-refractivity contribution < 1.29 is 0 Å². The zero-order chi connectivity index (χ0) is 14.4. The summed E-state index contributed by atoms with van der Waals surface area (Å²) >= 11 is 3.47. The molecule has 21 heavy (non-hydrogen) atoms. The molecule has 1 N–H and O–H groups in total. The molecule has 0 saturated heterocycles. The lowest BCUT2D eigenvalue weighted by molar-refractivity contribution is 1.04. The normalized spacial score (nSPS) is 11.3. The molecule has 4 nitrogen and oxygen atoms in total. The van der Waals surface area contributed by atoms with Gasteiger partial charge in [-0.25, -0.2) is 14.3 Å². The van der Waals surface area contributed by atoms with Crippen LogP contribution < -0.4 is 5.69 Å². The highest BCUT2D eigenvalue weighted by atomic mass is 79.9. The molecule has 0 aliphatic rings. The van der Waals surface area contributed by atoms with Crippen molar-refractivity contribution in [3.63, 3.8) is 0 Å². The van der Waals surface area contributed by atoms with Crippen LogP contribution >= 0.6 is 15.9 Å². The predicted octanol–water partition coefficient (Wildman–Crippen LogP) is 3.61. The van der Waals surface area contributed by atoms with Crippen molar-refractivity contribution in [3.05, 3.63) is 69.6 Å². The van der Waals surface area contributed by atoms with Crippen molar-refractivity contribution >= 4 is 32.5 Å². The smallest absolute Gasteiger partial charge is 0.246 e. The Hall–Kier alpha value is -2.40. The minimum absolute atomic E-state index is 0.229. The number of nitrogens with zero attached hydrogens (tertiary/aromatic N) is 2. The summed E-state index contributed by atoms with van der Waals surface area (Å²) in [6.07, 6.45) is 0. The van der Waals surface area contributed by atoms with Gasteiger partial charge in [0.25, 0.3) is 0 Å². The molecule has 0 amide bonds. The molecule has 4 rings (SSSR count). The Kier molecular flexibility index (Phi) is 2.68. The van der Waals surface area contributed by atoms with Gasteiger partial charge in [0, 0.05) is 9.86 Å². The van der Waals surface area contributed by atoms with E-state index in [4.69, 9.17) is 0 Å². The highest BCUT2D eigenvalue weighted by Gasteiger charge is 2.11. The van der Waals surface area contributed by atoms with E-state index in [0.29, 0.717) is 5.65 Å². The van der Waals surface area contributed by atoms with E-state index in [2.05, 4.69) is 38.3 Å². The van der Waals surface area contributed by atoms with Gasteiger partial charge in [0.1, 0.15) is 0 Å². The van der Waals surface area contributed by atoms with E-state index in [1.54, 1.807) is 4.40 Å². The molecule has 0 aliphatic heterocycles. The molecule has 0 radical (unpaired) electrons. The molecule has 0 unspecified atom stereocenters. The van der Waals surface area contributed by atoms with Gasteiger partial charge >= 0.3 is 5.69 Å². The van der Waals surface area contributed by atoms with Gasteiger partial charge in [0.15, 0.2) is 5.65 Å². The van der Waals surface area contributed by atoms with E-state index < -0.39 is 0 Å². The van der Waals surface area contributed by atoms with Crippen LogP contribution in [0.15, 0.2) is 63.9 Å². The largest absolute Gasteiger partial charge is 0.348 e. The third-order valence-corrected chi connectivity index (χ3v) is 4.04. The van der Waals surface area contributed by atoms with Gasteiger partial charge in [-0.05, 0) is 29.3 Å². The minimum atomic E-state index is -0.229. The molecule has 0 aliphatic carbocycles. The van der Waals surface area contributed by atoms with Gasteiger partial charge < -0.3 is 0 Å². The van der Waals surface area contributed by atoms with E-state index in [1.807, 2.05) is 42.5 Å². The van der Waals surface area contributed by atoms with Crippen molar-refractivity contribution in [3.8, 4) is 11.1 Å². The second-order valence-electron chi connectivity index (χ2n) is 4.81. The molecule has 102 valence electrons. The van der Waals surface area contributed by atoms with Crippen molar-refractivity contribution in [2.24, 2.45) is 0 Å². The van der Waals surface area contributed by atoms with Crippen LogP contribution in [0.2, 0.25) is 0 Å². The number of benzene rings is 2. The predicted molar refractivity (Wildman–Crippen MR) is 86.5 cm³/mol. The molecule has 2 aromatic heterocycles. The zero-order valence-electron chi connectivity index (χ0n) is 10.9. The molecule has 2 heterocycles. The second-order valence-corrected chi connectivity index (χ2v) is 5.72. The number of halogens is 1. The third kappa shape index (κ3) is 1.89. The highest BCUT2D eigenvalue weighted by Crippen LogP contribution is 2.30. The van der Waals surface area contributed by atoms with Crippen LogP contribution in [0.25, 0.3) is 27.7 Å². The number of fused-ring (bicyclic) bond motifs is 3. The summed E-state index contributed by atoms with van der Waals surface area (Å²) in [6.45, 7) is 0. The summed E-state index contributed by atoms with van der Waals surface area (Å²) in [5.41, 5.74) is 3.38. The monoisotopic (exact) mass is 339 g/mol. The Morgan fingerprint density at radius 2 is 1.86 bits per heavy atom. The molecule has 0 bridgehead atoms. The summed E-state index contributed by atoms with van der Waals surface area (Å²) in [4.78, 5) is 12.0. The fourth-order valence-electron chi connectivity index (χ4n) is 2.62. The van der Waals surface area contributed by atoms with Crippen LogP contribution in [0, 0.1) is 0 Å². The number of hydrogen-bond donors (Lipinski definition) is 1. The van der Waals surface area contributed by atoms with Gasteiger partial charge in [0.2, 0.25) is 0 Å². The Balaban J connectivity index is 2.23. The minimum Gasteiger partial charge on any atom is -0.246 e. The Bertz CT molecular complexity index is 1020. The van der Waals surface area contributed by atoms with Gasteiger partial charge in [-0.1, -0.05) is 52.3 Å². The first-order chi connectivity index (χ1) is 10.2. The number of pyridine rings is 1. The SMILES string of the molecule is O=c1[nH]nc2cc(-c3ccccc3)c3ccc(Br)cc3n12. The van der Waals surface area contributed by atoms with Gasteiger partial charge in [-0.3, -0.25) is 0 Å². The maximum absolute atomic E-state index is 12.0. The fourth-order valence-corrected chi connectivity index (χ4v) is 2.97. The summed E-state index contributed by atoms with van der Waals surface area (Å²) in [5, 5.41) is 7.62. The van der Waals surface area contributed by atoms with Crippen molar-refractivity contribution in [1.82, 2.24) is 14.6 Å². The molecule has 0 spiro atoms. The Morgan fingerprint density at radius 3 is 2.67 bits per heavy atom. The number of hydrogen-bond acceptors (Lipinski definition) is 2. The quantitative estimate of drug-likeness (QED) is 0.576. The van der Waals surface area contributed by atoms with Crippen molar-refractivity contribution in [1.29, 1.82) is 0 Å². The number of rotatable bonds is 1. The van der Waals surface area contributed by atoms with Crippen LogP contribution in [0.1, 0.15) is 0 Å². The summed E-state index contributed by atoms with van der Waals surface area (Å²) < 4.78 is 2.52. The molecule has 2 aromatic carbocycles. The first kappa shape index (κ1) is 12.3. The van der Waals surface area contributed by atoms with Crippen LogP contribution in [0.5, 0.6) is 0 Å². The average molecular weight is 340 g/mol. The van der Waals surface area contributed by atoms with E-state index in [-0.39, 0.29) is 5.69 Å². The number of H-pyrrole nitrogens is 1. The molecule has 0 fully saturated rings. The topological polar surface area (TPSA) is 50.2 Å². The molecule has 4 aromatic rings. The summed E-state index contributed by atoms with van der Waals surface area (Å²) in [6, 6.07) is 18.0. The van der Waals surface area contributed by atoms with Crippen molar-refractivity contribution in [2.45, 2.75) is 0 Å². The Morgan fingerprint density at radius 1 is 1.05 bits per heavy atom. The van der Waals surface area contributed by atoms with Crippen LogP contribution in [0.3, 0.4) is 0 Å². The Labute approximate surface area is 128 Å². The molecule has 5 heteroatoms. The maximum atomic E-state index is 12.0. The van der Waals surface area contributed by atoms with Gasteiger partial charge in [0.05, 0.1) is 5.52 Å². The number of aromatic amines is 1. The average Bonchev–Trinajstić information content (AvgIpc) is 2.89. The maximum Gasteiger partial charge on any atom is 0.348 e. The van der Waals surface area contributed by atoms with Crippen molar-refractivity contribution in [2.75, 3.05) is 0 Å². The van der Waals surface area contributed by atoms with Gasteiger partial charge in [-0.2, -0.15) is 5.10 Å². The molecular formula is C16H10BrN3O. The standard InChI is InChI=1S/C16H10BrN3O/c17-11-6-7-12-13(10-4-2-1-3-5-10)9-15-18-19-16(21)20(15)14(12)8-11/h1-9H,(H,19,21). The van der Waals surface area contributed by atoms with Gasteiger partial charge in [-0.15, -0.1) is 0 Å². The lowest BCUT2D eigenvalue weighted by Crippen LogP contribution is -2.10. The summed E-state index contributed by atoms with van der Waals surface area (Å²) in [7, 11) is 0. The number of nitrogens with one attached hydrogen (secondary N) is 1. The highest BCUT2D eigenvalue weighted by molar-refractivity contribution is 9.10. The molecular weight excluding hydrogens is 330 g/mol.